The molecular formula is C46H51N3O2. The molecule has 262 valence electrons. The highest BCUT2D eigenvalue weighted by atomic mass is 16.5. The maximum atomic E-state index is 6.82. The lowest BCUT2D eigenvalue weighted by Gasteiger charge is -2.41. The van der Waals surface area contributed by atoms with Gasteiger partial charge in [0.05, 0.1) is 17.4 Å². The Morgan fingerprint density at radius 3 is 2.14 bits per heavy atom. The zero-order valence-electron chi connectivity index (χ0n) is 31.6. The molecule has 1 atom stereocenters. The summed E-state index contributed by atoms with van der Waals surface area (Å²) in [7, 11) is 0. The van der Waals surface area contributed by atoms with Crippen molar-refractivity contribution in [3.05, 3.63) is 132 Å². The van der Waals surface area contributed by atoms with Crippen molar-refractivity contribution in [2.75, 3.05) is 11.5 Å². The number of aliphatic imine (C=N–C) groups is 1. The monoisotopic (exact) mass is 677 g/mol. The molecule has 51 heavy (non-hydrogen) atoms. The van der Waals surface area contributed by atoms with Gasteiger partial charge in [0.1, 0.15) is 23.9 Å². The molecule has 1 aromatic heterocycles. The Morgan fingerprint density at radius 1 is 0.725 bits per heavy atom. The molecule has 0 spiro atoms. The van der Waals surface area contributed by atoms with Crippen LogP contribution in [-0.2, 0) is 15.6 Å². The molecule has 0 unspecified atom stereocenters. The van der Waals surface area contributed by atoms with E-state index < -0.39 is 0 Å². The van der Waals surface area contributed by atoms with Crippen LogP contribution in [0.4, 0.5) is 17.2 Å². The summed E-state index contributed by atoms with van der Waals surface area (Å²) in [5, 5.41) is 0. The van der Waals surface area contributed by atoms with E-state index in [9.17, 15) is 0 Å². The normalized spacial score (nSPS) is 16.6. The summed E-state index contributed by atoms with van der Waals surface area (Å²) < 4.78 is 13.2. The minimum Gasteiger partial charge on any atom is -0.475 e. The summed E-state index contributed by atoms with van der Waals surface area (Å²) in [6, 6.07) is 36.4. The van der Waals surface area contributed by atoms with E-state index in [1.165, 1.54) is 16.7 Å². The second-order valence-corrected chi connectivity index (χ2v) is 16.4. The lowest BCUT2D eigenvalue weighted by atomic mass is 9.73. The van der Waals surface area contributed by atoms with Gasteiger partial charge in [-0.2, -0.15) is 0 Å². The SMILES string of the molecule is CC(C)C(C(C)C)[C@@H]1COC(c2cc(Oc3ccc4c(c3)N(c3cc(C(C)(C)C)ccn3)c3ccccc3C4(C)C)cc(-c3ccccc3)c2)=N1. The lowest BCUT2D eigenvalue weighted by Crippen LogP contribution is -2.31. The minimum atomic E-state index is -0.221. The van der Waals surface area contributed by atoms with E-state index in [1.807, 2.05) is 12.3 Å². The predicted molar refractivity (Wildman–Crippen MR) is 211 cm³/mol. The van der Waals surface area contributed by atoms with Crippen LogP contribution in [0, 0.1) is 17.8 Å². The molecule has 5 nitrogen and oxygen atoms in total. The average molecular weight is 678 g/mol. The number of para-hydroxylation sites is 1. The van der Waals surface area contributed by atoms with E-state index in [0.717, 1.165) is 45.4 Å². The first-order valence-electron chi connectivity index (χ1n) is 18.4. The summed E-state index contributed by atoms with van der Waals surface area (Å²) >= 11 is 0. The van der Waals surface area contributed by atoms with E-state index in [1.54, 1.807) is 0 Å². The molecule has 0 saturated heterocycles. The van der Waals surface area contributed by atoms with Crippen LogP contribution in [-0.4, -0.2) is 23.5 Å². The Hall–Kier alpha value is -4.90. The van der Waals surface area contributed by atoms with Gasteiger partial charge < -0.3 is 9.47 Å². The van der Waals surface area contributed by atoms with E-state index in [-0.39, 0.29) is 16.9 Å². The summed E-state index contributed by atoms with van der Waals surface area (Å²) in [6.45, 7) is 21.1. The van der Waals surface area contributed by atoms with Crippen LogP contribution in [0.25, 0.3) is 11.1 Å². The molecule has 7 rings (SSSR count). The molecule has 0 amide bonds. The van der Waals surface area contributed by atoms with Crippen LogP contribution in [0.3, 0.4) is 0 Å². The smallest absolute Gasteiger partial charge is 0.216 e. The van der Waals surface area contributed by atoms with E-state index in [2.05, 4.69) is 164 Å². The maximum absolute atomic E-state index is 6.82. The van der Waals surface area contributed by atoms with Crippen molar-refractivity contribution in [2.24, 2.45) is 22.7 Å². The van der Waals surface area contributed by atoms with Crippen molar-refractivity contribution in [3.63, 3.8) is 0 Å². The van der Waals surface area contributed by atoms with Crippen molar-refractivity contribution in [2.45, 2.75) is 79.2 Å². The number of anilines is 3. The Balaban J connectivity index is 1.32. The summed E-state index contributed by atoms with van der Waals surface area (Å²) in [5.41, 5.74) is 8.78. The van der Waals surface area contributed by atoms with Crippen molar-refractivity contribution >= 4 is 23.1 Å². The number of hydrogen-bond donors (Lipinski definition) is 0. The molecule has 0 N–H and O–H groups in total. The minimum absolute atomic E-state index is 0.0145. The second-order valence-electron chi connectivity index (χ2n) is 16.4. The zero-order chi connectivity index (χ0) is 36.1. The molecule has 5 aromatic rings. The number of fused-ring (bicyclic) bond motifs is 2. The Labute approximate surface area is 304 Å². The third kappa shape index (κ3) is 6.67. The van der Waals surface area contributed by atoms with Crippen LogP contribution in [0.5, 0.6) is 11.5 Å². The first-order valence-corrected chi connectivity index (χ1v) is 18.4. The van der Waals surface area contributed by atoms with Gasteiger partial charge in [-0.15, -0.1) is 0 Å². The van der Waals surface area contributed by atoms with Crippen molar-refractivity contribution in [1.82, 2.24) is 4.98 Å². The Morgan fingerprint density at radius 2 is 1.41 bits per heavy atom. The first-order chi connectivity index (χ1) is 24.3. The molecule has 0 fully saturated rings. The average Bonchev–Trinajstić information content (AvgIpc) is 3.57. The summed E-state index contributed by atoms with van der Waals surface area (Å²) in [6.07, 6.45) is 1.93. The van der Waals surface area contributed by atoms with Crippen molar-refractivity contribution in [1.29, 1.82) is 0 Å². The van der Waals surface area contributed by atoms with Gasteiger partial charge in [0.2, 0.25) is 5.90 Å². The van der Waals surface area contributed by atoms with Gasteiger partial charge in [-0.25, -0.2) is 9.98 Å². The quantitative estimate of drug-likeness (QED) is 0.164. The number of hydrogen-bond acceptors (Lipinski definition) is 5. The molecule has 4 aromatic carbocycles. The fraction of sp³-hybridized carbons (Fsp3) is 0.348. The Kier molecular flexibility index (Phi) is 9.03. The molecule has 2 aliphatic rings. The highest BCUT2D eigenvalue weighted by Gasteiger charge is 2.38. The van der Waals surface area contributed by atoms with Crippen molar-refractivity contribution < 1.29 is 9.47 Å². The molecule has 5 heteroatoms. The van der Waals surface area contributed by atoms with Crippen molar-refractivity contribution in [3.8, 4) is 22.6 Å². The summed E-state index contributed by atoms with van der Waals surface area (Å²) in [5.74, 6) is 4.55. The van der Waals surface area contributed by atoms with Gasteiger partial charge in [0, 0.05) is 23.2 Å². The largest absolute Gasteiger partial charge is 0.475 e. The topological polar surface area (TPSA) is 47.0 Å². The number of ether oxygens (including phenoxy) is 2. The number of rotatable bonds is 8. The van der Waals surface area contributed by atoms with Gasteiger partial charge in [-0.1, -0.05) is 117 Å². The van der Waals surface area contributed by atoms with E-state index in [4.69, 9.17) is 19.5 Å². The standard InChI is InChI=1S/C46H51N3O2/c1-29(2)43(30(3)4)39-28-50-44(48-39)33-23-32(31-15-11-10-12-16-31)24-36(25-33)51-35-19-20-38-41(27-35)49(40-18-14-13-17-37(40)46(38,8)9)42-26-34(21-22-47-42)45(5,6)7/h10-27,29-30,39,43H,28H2,1-9H3/t39-/m0/s1. The van der Waals surface area contributed by atoms with Gasteiger partial charge in [0.15, 0.2) is 0 Å². The zero-order valence-corrected chi connectivity index (χ0v) is 31.6. The molecule has 0 saturated carbocycles. The second kappa shape index (κ2) is 13.3. The van der Waals surface area contributed by atoms with Gasteiger partial charge in [-0.3, -0.25) is 4.90 Å². The third-order valence-corrected chi connectivity index (χ3v) is 10.7. The van der Waals surface area contributed by atoms with Crippen LogP contribution >= 0.6 is 0 Å². The highest BCUT2D eigenvalue weighted by molar-refractivity contribution is 5.97. The lowest BCUT2D eigenvalue weighted by molar-refractivity contribution is 0.198. The molecule has 0 bridgehead atoms. The van der Waals surface area contributed by atoms with E-state index >= 15 is 0 Å². The molecule has 0 radical (unpaired) electrons. The number of nitrogens with zero attached hydrogens (tertiary/aromatic N) is 3. The fourth-order valence-electron chi connectivity index (χ4n) is 8.13. The van der Waals surface area contributed by atoms with Crippen LogP contribution in [0.15, 0.2) is 114 Å². The highest BCUT2D eigenvalue weighted by Crippen LogP contribution is 2.52. The van der Waals surface area contributed by atoms with E-state index in [0.29, 0.717) is 30.3 Å². The number of aromatic nitrogens is 1. The number of benzene rings is 4. The molecule has 0 aliphatic carbocycles. The molecule has 2 aliphatic heterocycles. The van der Waals surface area contributed by atoms with Crippen LogP contribution in [0.2, 0.25) is 0 Å². The Bertz CT molecular complexity index is 2060. The molecule has 3 heterocycles. The summed E-state index contributed by atoms with van der Waals surface area (Å²) in [4.78, 5) is 12.4. The van der Waals surface area contributed by atoms with Crippen LogP contribution < -0.4 is 9.64 Å². The maximum Gasteiger partial charge on any atom is 0.216 e. The fourth-order valence-corrected chi connectivity index (χ4v) is 8.13. The molecular weight excluding hydrogens is 627 g/mol. The number of pyridine rings is 1. The van der Waals surface area contributed by atoms with Gasteiger partial charge in [0.25, 0.3) is 0 Å². The van der Waals surface area contributed by atoms with Gasteiger partial charge >= 0.3 is 0 Å². The third-order valence-electron chi connectivity index (χ3n) is 10.7. The first kappa shape index (κ1) is 34.5. The van der Waals surface area contributed by atoms with Crippen LogP contribution in [0.1, 0.15) is 84.6 Å². The predicted octanol–water partition coefficient (Wildman–Crippen LogP) is 12.0. The van der Waals surface area contributed by atoms with Gasteiger partial charge in [-0.05, 0) is 93.5 Å².